The summed E-state index contributed by atoms with van der Waals surface area (Å²) in [5, 5.41) is 280. The smallest absolute Gasteiger partial charge is 0.217 e. The van der Waals surface area contributed by atoms with Crippen molar-refractivity contribution in [2.75, 3.05) is 59.5 Å². The first-order chi connectivity index (χ1) is 54.4. The molecule has 0 aromatic carbocycles. The quantitative estimate of drug-likeness (QED) is 0.0318. The lowest BCUT2D eigenvalue weighted by atomic mass is 9.93. The summed E-state index contributed by atoms with van der Waals surface area (Å²) < 4.78 is 101. The molecule has 0 bridgehead atoms. The Morgan fingerprint density at radius 1 is 0.226 bits per heavy atom. The maximum absolute atomic E-state index is 13.0. The highest BCUT2D eigenvalue weighted by atomic mass is 16.8. The van der Waals surface area contributed by atoms with Crippen LogP contribution in [0.15, 0.2) is 0 Å². The summed E-state index contributed by atoms with van der Waals surface area (Å²) in [7, 11) is 0. The van der Waals surface area contributed by atoms with Crippen molar-refractivity contribution in [3.63, 3.8) is 0 Å². The van der Waals surface area contributed by atoms with Gasteiger partial charge in [-0.3, -0.25) is 24.0 Å². The molecule has 0 aliphatic carbocycles. The number of nitrogens with one attached hydrogen (secondary N) is 5. The molecule has 0 spiro atoms. The normalized spacial score (nSPS) is 47.9. The number of carbonyl (C=O) groups excluding carboxylic acids is 5. The minimum atomic E-state index is -2.58. The molecule has 664 valence electrons. The van der Waals surface area contributed by atoms with Crippen molar-refractivity contribution in [3.8, 4) is 0 Å². The molecular formula is C64H107N5O46. The molecule has 9 rings (SSSR count). The van der Waals surface area contributed by atoms with Crippen LogP contribution in [0.3, 0.4) is 0 Å². The second-order valence-electron chi connectivity index (χ2n) is 28.9. The van der Waals surface area contributed by atoms with E-state index in [9.17, 15) is 147 Å². The molecule has 0 saturated carbocycles. The Hall–Kier alpha value is -4.29. The maximum atomic E-state index is 13.0. The molecule has 0 unspecified atom stereocenters. The summed E-state index contributed by atoms with van der Waals surface area (Å²) in [6, 6.07) is -9.03. The van der Waals surface area contributed by atoms with Crippen LogP contribution in [0, 0.1) is 0 Å². The standard InChI is InChI=1S/C64H107N5O46/c1-15(77)65-29-42(90)50(24(10-74)101-56(29)98)110-59-32(68-18(4)80)43(91)52(26(12-76)106-59)112-62-49(97)53(113-64-55(46(94)37(85)23(9-73)105-64)115-58-31(67-17(3)79)41(89)35(83)21(7-71)103-58)39(87)28(108-62)14-100-63-54(47(95)38(86)27(109-63)13-99-57-30(66-16(2)78)40(88)34(82)20(6-70)102-57)114-60-33(69-19(5)81)44(92)51(25(11-75)107-60)111-61-48(96)45(93)36(84)22(8-72)104-61/h20-64,70-76,82-98H,6-14H2,1-5H3,(H,65,77)(H,66,78)(H,67,79)(H,68,80)(H,69,81)/t20-,21-,22-,23-,24-,25-,26-,27-,28-,29-,30-,31+,32-,33-,34-,35-,36+,37-,38-,39-,40-,41-,42-,43-,44-,45+,46+,47+,48-,49+,50-,51-,52-,53+,54+,55+,56-,57-,58+,59+,60+,61+,62+,63+,64-/m1/s1. The highest BCUT2D eigenvalue weighted by Gasteiger charge is 2.61. The van der Waals surface area contributed by atoms with Gasteiger partial charge >= 0.3 is 0 Å². The van der Waals surface area contributed by atoms with E-state index in [2.05, 4.69) is 26.6 Å². The molecule has 9 aliphatic heterocycles. The summed E-state index contributed by atoms with van der Waals surface area (Å²) in [5.41, 5.74) is 0. The van der Waals surface area contributed by atoms with Crippen molar-refractivity contribution in [2.24, 2.45) is 0 Å². The molecule has 9 fully saturated rings. The van der Waals surface area contributed by atoms with Gasteiger partial charge in [-0.15, -0.1) is 0 Å². The van der Waals surface area contributed by atoms with Gasteiger partial charge in [0.15, 0.2) is 56.6 Å². The molecule has 51 heteroatoms. The molecule has 115 heavy (non-hydrogen) atoms. The minimum absolute atomic E-state index is 0.793. The molecule has 0 aromatic rings. The van der Waals surface area contributed by atoms with Crippen molar-refractivity contribution in [1.29, 1.82) is 0 Å². The summed E-state index contributed by atoms with van der Waals surface area (Å²) >= 11 is 0. The SMILES string of the molecule is CC(=O)N[C@@H]1[C@H](O[C@@H]2[C@@H](O[C@@H]3[C@H](O)[C@H](O[C@H]4[C@H](O)[C@@H](NC(C)=O)[C@H](O[C@H]5[C@H](O)[C@@H](NC(C)=O)[C@H](O)O[C@@H]5CO)O[C@@H]4CO)O[C@H](CO[C@H]4O[C@H](CO[C@@H]5O[C@H](CO)[C@@H](O)[C@H](O)[C@H]5NC(C)=O)[C@@H](O)[C@H](O)[C@@H]4O[C@@H]4O[C@H](CO)[C@@H](O[C@@H]5O[C@H](CO)[C@H](O)[C@H](O)[C@H]5O)[C@H](O)[C@H]4NC(C)=O)[C@H]3O)O[C@H](CO)[C@@H](O)[C@@H]2O)O[C@H](CO)[C@@H](O)[C@@H]1O. The van der Waals surface area contributed by atoms with Crippen LogP contribution in [0.1, 0.15) is 34.6 Å². The van der Waals surface area contributed by atoms with Crippen LogP contribution < -0.4 is 26.6 Å². The Morgan fingerprint density at radius 3 is 0.913 bits per heavy atom. The van der Waals surface area contributed by atoms with Gasteiger partial charge in [-0.25, -0.2) is 0 Å². The summed E-state index contributed by atoms with van der Waals surface area (Å²) in [6.07, 6.45) is -83.5. The number of aliphatic hydroxyl groups is 24. The third-order valence-electron chi connectivity index (χ3n) is 20.7. The van der Waals surface area contributed by atoms with E-state index in [0.29, 0.717) is 0 Å². The maximum Gasteiger partial charge on any atom is 0.217 e. The predicted octanol–water partition coefficient (Wildman–Crippen LogP) is -19.9. The van der Waals surface area contributed by atoms with Crippen LogP contribution in [0.25, 0.3) is 0 Å². The van der Waals surface area contributed by atoms with E-state index >= 15 is 0 Å². The predicted molar refractivity (Wildman–Crippen MR) is 355 cm³/mol. The van der Waals surface area contributed by atoms with E-state index in [-0.39, 0.29) is 0 Å². The van der Waals surface area contributed by atoms with Crippen LogP contribution in [0.2, 0.25) is 0 Å². The molecule has 45 atom stereocenters. The zero-order valence-electron chi connectivity index (χ0n) is 62.1. The number of amides is 5. The van der Waals surface area contributed by atoms with Gasteiger partial charge in [0.2, 0.25) is 29.5 Å². The Bertz CT molecular complexity index is 3100. The van der Waals surface area contributed by atoms with Gasteiger partial charge in [-0.1, -0.05) is 0 Å². The highest BCUT2D eigenvalue weighted by molar-refractivity contribution is 5.75. The number of carbonyl (C=O) groups is 5. The van der Waals surface area contributed by atoms with Crippen molar-refractivity contribution < 1.29 is 227 Å². The van der Waals surface area contributed by atoms with Crippen molar-refractivity contribution >= 4 is 29.5 Å². The summed E-state index contributed by atoms with van der Waals surface area (Å²) in [6.45, 7) is -4.92. The van der Waals surface area contributed by atoms with E-state index in [1.807, 2.05) is 0 Å². The van der Waals surface area contributed by atoms with Gasteiger partial charge in [0.1, 0.15) is 219 Å². The van der Waals surface area contributed by atoms with E-state index in [1.54, 1.807) is 0 Å². The van der Waals surface area contributed by atoms with Gasteiger partial charge < -0.3 is 230 Å². The molecule has 5 amide bonds. The lowest BCUT2D eigenvalue weighted by Gasteiger charge is -2.51. The fourth-order valence-electron chi connectivity index (χ4n) is 14.8. The topological polar surface area (TPSA) is 788 Å². The lowest BCUT2D eigenvalue weighted by Crippen LogP contribution is -2.70. The average Bonchev–Trinajstić information content (AvgIpc) is 0.765. The third kappa shape index (κ3) is 21.4. The van der Waals surface area contributed by atoms with E-state index in [0.717, 1.165) is 34.6 Å². The van der Waals surface area contributed by atoms with Crippen LogP contribution in [-0.4, -0.2) is 488 Å². The van der Waals surface area contributed by atoms with Crippen molar-refractivity contribution in [2.45, 2.75) is 311 Å². The van der Waals surface area contributed by atoms with E-state index < -0.39 is 365 Å². The molecule has 0 radical (unpaired) electrons. The Kier molecular flexibility index (Phi) is 34.1. The second kappa shape index (κ2) is 41.5. The molecule has 9 heterocycles. The first-order valence-electron chi connectivity index (χ1n) is 36.6. The van der Waals surface area contributed by atoms with Gasteiger partial charge in [-0.2, -0.15) is 0 Å². The number of ether oxygens (including phenoxy) is 17. The first-order valence-corrected chi connectivity index (χ1v) is 36.6. The number of rotatable bonds is 30. The molecule has 29 N–H and O–H groups in total. The fourth-order valence-corrected chi connectivity index (χ4v) is 14.8. The number of hydrogen-bond acceptors (Lipinski definition) is 46. The minimum Gasteiger partial charge on any atom is -0.394 e. The monoisotopic (exact) mass is 1680 g/mol. The van der Waals surface area contributed by atoms with Gasteiger partial charge in [0.05, 0.1) is 59.5 Å². The molecule has 0 aromatic heterocycles. The van der Waals surface area contributed by atoms with Crippen molar-refractivity contribution in [1.82, 2.24) is 26.6 Å². The Labute approximate surface area is 651 Å². The second-order valence-corrected chi connectivity index (χ2v) is 28.9. The zero-order valence-corrected chi connectivity index (χ0v) is 62.1. The van der Waals surface area contributed by atoms with E-state index in [1.165, 1.54) is 0 Å². The third-order valence-corrected chi connectivity index (χ3v) is 20.7. The van der Waals surface area contributed by atoms with E-state index in [4.69, 9.17) is 80.5 Å². The zero-order chi connectivity index (χ0) is 84.8. The van der Waals surface area contributed by atoms with Gasteiger partial charge in [0.25, 0.3) is 0 Å². The van der Waals surface area contributed by atoms with Crippen LogP contribution in [0.4, 0.5) is 0 Å². The molecule has 9 saturated heterocycles. The Morgan fingerprint density at radius 2 is 0.487 bits per heavy atom. The molecule has 51 nitrogen and oxygen atoms in total. The Balaban J connectivity index is 1.10. The van der Waals surface area contributed by atoms with Crippen molar-refractivity contribution in [3.05, 3.63) is 0 Å². The largest absolute Gasteiger partial charge is 0.394 e. The lowest BCUT2D eigenvalue weighted by molar-refractivity contribution is -0.397. The molecular weight excluding hydrogens is 1570 g/mol. The molecule has 9 aliphatic rings. The number of aliphatic hydroxyl groups excluding tert-OH is 24. The van der Waals surface area contributed by atoms with Gasteiger partial charge in [0, 0.05) is 34.6 Å². The average molecular weight is 1680 g/mol. The van der Waals surface area contributed by atoms with Crippen LogP contribution in [0.5, 0.6) is 0 Å². The van der Waals surface area contributed by atoms with Gasteiger partial charge in [-0.05, 0) is 0 Å². The fraction of sp³-hybridized carbons (Fsp3) is 0.922. The van der Waals surface area contributed by atoms with Crippen LogP contribution >= 0.6 is 0 Å². The summed E-state index contributed by atoms with van der Waals surface area (Å²) in [4.78, 5) is 63.2. The highest BCUT2D eigenvalue weighted by Crippen LogP contribution is 2.40. The summed E-state index contributed by atoms with van der Waals surface area (Å²) in [5.74, 6) is -4.41. The van der Waals surface area contributed by atoms with Crippen LogP contribution in [-0.2, 0) is 104 Å². The first kappa shape index (κ1) is 94.6. The number of hydrogen-bond donors (Lipinski definition) is 29.